The van der Waals surface area contributed by atoms with E-state index in [0.29, 0.717) is 21.3 Å². The van der Waals surface area contributed by atoms with E-state index in [1.54, 1.807) is 41.2 Å². The van der Waals surface area contributed by atoms with Crippen molar-refractivity contribution in [3.8, 4) is 0 Å². The summed E-state index contributed by atoms with van der Waals surface area (Å²) in [6, 6.07) is 6.73. The van der Waals surface area contributed by atoms with Gasteiger partial charge in [-0.25, -0.2) is 0 Å². The Morgan fingerprint density at radius 2 is 2.00 bits per heavy atom. The number of rotatable bonds is 4. The highest BCUT2D eigenvalue weighted by molar-refractivity contribution is 6.32. The summed E-state index contributed by atoms with van der Waals surface area (Å²) in [4.78, 5) is 11.9. The second kappa shape index (κ2) is 6.04. The summed E-state index contributed by atoms with van der Waals surface area (Å²) >= 11 is 11.8. The lowest BCUT2D eigenvalue weighted by atomic mass is 10.1. The minimum atomic E-state index is -0.112. The molecule has 3 nitrogen and oxygen atoms in total. The van der Waals surface area contributed by atoms with Gasteiger partial charge in [-0.1, -0.05) is 23.2 Å². The summed E-state index contributed by atoms with van der Waals surface area (Å²) in [5.41, 5.74) is 1.16. The summed E-state index contributed by atoms with van der Waals surface area (Å²) in [7, 11) is 0. The van der Waals surface area contributed by atoms with Crippen LogP contribution in [0, 0.1) is 0 Å². The van der Waals surface area contributed by atoms with Crippen molar-refractivity contribution in [3.63, 3.8) is 0 Å². The van der Waals surface area contributed by atoms with E-state index in [2.05, 4.69) is 5.10 Å². The Morgan fingerprint density at radius 3 is 2.58 bits per heavy atom. The average molecular weight is 295 g/mol. The summed E-state index contributed by atoms with van der Waals surface area (Å²) in [6.45, 7) is 2.70. The van der Waals surface area contributed by atoms with Gasteiger partial charge in [0.2, 0.25) is 0 Å². The van der Waals surface area contributed by atoms with Gasteiger partial charge in [0.1, 0.15) is 5.69 Å². The molecule has 0 saturated heterocycles. The molecule has 0 spiro atoms. The molecule has 0 radical (unpaired) electrons. The molecule has 0 saturated carbocycles. The van der Waals surface area contributed by atoms with Crippen molar-refractivity contribution in [1.82, 2.24) is 9.78 Å². The van der Waals surface area contributed by atoms with E-state index in [9.17, 15) is 4.79 Å². The van der Waals surface area contributed by atoms with Crippen LogP contribution >= 0.6 is 23.2 Å². The standard InChI is InChI=1S/C14H12Cl2N2O/c1-2-18-9-12(16)13(17-18)7-8-14(19)10-3-5-11(15)6-4-10/h3-9H,2H2,1H3. The monoisotopic (exact) mass is 294 g/mol. The van der Waals surface area contributed by atoms with E-state index >= 15 is 0 Å². The van der Waals surface area contributed by atoms with Crippen LogP contribution in [-0.2, 0) is 6.54 Å². The molecule has 98 valence electrons. The van der Waals surface area contributed by atoms with E-state index in [1.807, 2.05) is 6.92 Å². The van der Waals surface area contributed by atoms with Crippen LogP contribution in [0.25, 0.3) is 6.08 Å². The summed E-state index contributed by atoms with van der Waals surface area (Å²) in [5, 5.41) is 5.36. The molecule has 0 aliphatic carbocycles. The Bertz CT molecular complexity index is 615. The second-order valence-corrected chi connectivity index (χ2v) is 4.77. The summed E-state index contributed by atoms with van der Waals surface area (Å²) in [5.74, 6) is -0.112. The van der Waals surface area contributed by atoms with Crippen molar-refractivity contribution < 1.29 is 4.79 Å². The van der Waals surface area contributed by atoms with E-state index in [0.717, 1.165) is 6.54 Å². The quantitative estimate of drug-likeness (QED) is 0.628. The van der Waals surface area contributed by atoms with Crippen LogP contribution in [0.4, 0.5) is 0 Å². The number of aromatic nitrogens is 2. The van der Waals surface area contributed by atoms with Gasteiger partial charge >= 0.3 is 0 Å². The Balaban J connectivity index is 2.15. The Hall–Kier alpha value is -1.58. The first-order valence-electron chi connectivity index (χ1n) is 5.81. The van der Waals surface area contributed by atoms with Crippen molar-refractivity contribution in [2.45, 2.75) is 13.5 Å². The molecule has 0 fully saturated rings. The lowest BCUT2D eigenvalue weighted by Gasteiger charge is -1.95. The molecule has 1 aromatic carbocycles. The Kier molecular flexibility index (Phi) is 4.40. The van der Waals surface area contributed by atoms with Gasteiger partial charge in [-0.2, -0.15) is 5.10 Å². The first-order valence-corrected chi connectivity index (χ1v) is 6.56. The normalized spacial score (nSPS) is 11.1. The molecule has 0 aliphatic heterocycles. The minimum absolute atomic E-state index is 0.112. The van der Waals surface area contributed by atoms with Gasteiger partial charge in [0.15, 0.2) is 5.78 Å². The molecular formula is C14H12Cl2N2O. The number of nitrogens with zero attached hydrogens (tertiary/aromatic N) is 2. The lowest BCUT2D eigenvalue weighted by molar-refractivity contribution is 0.104. The number of carbonyl (C=O) groups excluding carboxylic acids is 1. The number of benzene rings is 1. The predicted octanol–water partition coefficient (Wildman–Crippen LogP) is 4.11. The first-order chi connectivity index (χ1) is 9.10. The van der Waals surface area contributed by atoms with Crippen LogP contribution in [0.2, 0.25) is 10.0 Å². The molecule has 0 unspecified atom stereocenters. The topological polar surface area (TPSA) is 34.9 Å². The number of allylic oxidation sites excluding steroid dienone is 1. The molecule has 1 heterocycles. The van der Waals surface area contributed by atoms with Crippen molar-refractivity contribution in [3.05, 3.63) is 57.8 Å². The van der Waals surface area contributed by atoms with Crippen molar-refractivity contribution in [2.24, 2.45) is 0 Å². The molecule has 0 N–H and O–H groups in total. The Morgan fingerprint density at radius 1 is 1.32 bits per heavy atom. The molecule has 0 aliphatic rings. The number of carbonyl (C=O) groups is 1. The molecular weight excluding hydrogens is 283 g/mol. The largest absolute Gasteiger partial charge is 0.289 e. The van der Waals surface area contributed by atoms with Crippen molar-refractivity contribution in [2.75, 3.05) is 0 Å². The van der Waals surface area contributed by atoms with Crippen LogP contribution in [0.1, 0.15) is 23.0 Å². The third-order valence-corrected chi connectivity index (χ3v) is 3.13. The fraction of sp³-hybridized carbons (Fsp3) is 0.143. The maximum absolute atomic E-state index is 11.9. The fourth-order valence-corrected chi connectivity index (χ4v) is 1.89. The van der Waals surface area contributed by atoms with Crippen LogP contribution in [0.15, 0.2) is 36.5 Å². The molecule has 2 rings (SSSR count). The van der Waals surface area contributed by atoms with Crippen LogP contribution < -0.4 is 0 Å². The third-order valence-electron chi connectivity index (χ3n) is 2.59. The zero-order valence-electron chi connectivity index (χ0n) is 10.3. The molecule has 0 bridgehead atoms. The maximum Gasteiger partial charge on any atom is 0.185 e. The molecule has 2 aromatic rings. The average Bonchev–Trinajstić information content (AvgIpc) is 2.77. The lowest BCUT2D eigenvalue weighted by Crippen LogP contribution is -1.95. The van der Waals surface area contributed by atoms with Crippen molar-refractivity contribution >= 4 is 35.1 Å². The van der Waals surface area contributed by atoms with Crippen LogP contribution in [0.5, 0.6) is 0 Å². The highest BCUT2D eigenvalue weighted by Gasteiger charge is 2.05. The fourth-order valence-electron chi connectivity index (χ4n) is 1.55. The number of aryl methyl sites for hydroxylation is 1. The smallest absolute Gasteiger partial charge is 0.185 e. The molecule has 19 heavy (non-hydrogen) atoms. The van der Waals surface area contributed by atoms with E-state index in [4.69, 9.17) is 23.2 Å². The number of ketones is 1. The molecule has 1 aromatic heterocycles. The van der Waals surface area contributed by atoms with Gasteiger partial charge < -0.3 is 0 Å². The zero-order chi connectivity index (χ0) is 13.8. The van der Waals surface area contributed by atoms with Gasteiger partial charge in [-0.3, -0.25) is 9.48 Å². The maximum atomic E-state index is 11.9. The van der Waals surface area contributed by atoms with Gasteiger partial charge in [0.25, 0.3) is 0 Å². The Labute approximate surface area is 121 Å². The zero-order valence-corrected chi connectivity index (χ0v) is 11.8. The summed E-state index contributed by atoms with van der Waals surface area (Å²) in [6.07, 6.45) is 4.80. The van der Waals surface area contributed by atoms with E-state index in [1.165, 1.54) is 6.08 Å². The first kappa shape index (κ1) is 13.8. The number of halogens is 2. The van der Waals surface area contributed by atoms with Gasteiger partial charge in [0, 0.05) is 23.3 Å². The van der Waals surface area contributed by atoms with Crippen LogP contribution in [-0.4, -0.2) is 15.6 Å². The van der Waals surface area contributed by atoms with Gasteiger partial charge in [-0.15, -0.1) is 0 Å². The molecule has 0 amide bonds. The molecule has 5 heteroatoms. The second-order valence-electron chi connectivity index (χ2n) is 3.92. The third kappa shape index (κ3) is 3.46. The minimum Gasteiger partial charge on any atom is -0.289 e. The highest BCUT2D eigenvalue weighted by Crippen LogP contribution is 2.16. The van der Waals surface area contributed by atoms with Gasteiger partial charge in [-0.05, 0) is 43.3 Å². The van der Waals surface area contributed by atoms with Crippen molar-refractivity contribution in [1.29, 1.82) is 0 Å². The SMILES string of the molecule is CCn1cc(Cl)c(C=CC(=O)c2ccc(Cl)cc2)n1. The summed E-state index contributed by atoms with van der Waals surface area (Å²) < 4.78 is 1.72. The van der Waals surface area contributed by atoms with Crippen LogP contribution in [0.3, 0.4) is 0 Å². The highest BCUT2D eigenvalue weighted by atomic mass is 35.5. The van der Waals surface area contributed by atoms with Gasteiger partial charge in [0.05, 0.1) is 5.02 Å². The molecule has 0 atom stereocenters. The predicted molar refractivity (Wildman–Crippen MR) is 77.7 cm³/mol. The van der Waals surface area contributed by atoms with E-state index in [-0.39, 0.29) is 5.78 Å². The van der Waals surface area contributed by atoms with E-state index < -0.39 is 0 Å². The number of hydrogen-bond donors (Lipinski definition) is 0. The number of hydrogen-bond acceptors (Lipinski definition) is 2.